The first-order chi connectivity index (χ1) is 27.0. The maximum Gasteiger partial charge on any atom is 0.306 e. The monoisotopic (exact) mass is 812 g/mol. The first kappa shape index (κ1) is 54.2. The van der Waals surface area contributed by atoms with Crippen LogP contribution in [-0.2, 0) is 32.7 Å². The number of allylic oxidation sites excluding steroid dienone is 6. The number of carbonyl (C=O) groups excluding carboxylic acids is 2. The maximum atomic E-state index is 12.7. The van der Waals surface area contributed by atoms with Crippen molar-refractivity contribution >= 4 is 19.8 Å². The fraction of sp³-hybridized carbons (Fsp3) is 0.826. The number of nitrogens with zero attached hydrogens (tertiary/aromatic N) is 1. The van der Waals surface area contributed by atoms with E-state index >= 15 is 0 Å². The van der Waals surface area contributed by atoms with Gasteiger partial charge in [0.1, 0.15) is 19.8 Å². The van der Waals surface area contributed by atoms with Gasteiger partial charge in [0.25, 0.3) is 7.82 Å². The van der Waals surface area contributed by atoms with E-state index in [2.05, 4.69) is 50.3 Å². The number of likely N-dealkylation sites (N-methyl/N-ethyl adjacent to an activating group) is 1. The van der Waals surface area contributed by atoms with Crippen LogP contribution < -0.4 is 4.89 Å². The Balaban J connectivity index is 4.34. The van der Waals surface area contributed by atoms with Crippen LogP contribution >= 0.6 is 7.82 Å². The minimum absolute atomic E-state index is 0.0323. The van der Waals surface area contributed by atoms with Gasteiger partial charge in [-0.3, -0.25) is 14.2 Å². The lowest BCUT2D eigenvalue weighted by atomic mass is 10.0. The molecular weight excluding hydrogens is 725 g/mol. The summed E-state index contributed by atoms with van der Waals surface area (Å²) in [6.07, 6.45) is 43.1. The molecule has 0 heterocycles. The fourth-order valence-electron chi connectivity index (χ4n) is 6.14. The van der Waals surface area contributed by atoms with Gasteiger partial charge in [0.2, 0.25) is 0 Å². The number of hydrogen-bond donors (Lipinski definition) is 0. The molecule has 0 saturated carbocycles. The summed E-state index contributed by atoms with van der Waals surface area (Å²) in [5.41, 5.74) is 0. The van der Waals surface area contributed by atoms with Gasteiger partial charge in [-0.2, -0.15) is 0 Å². The minimum atomic E-state index is -4.63. The number of quaternary nitrogens is 1. The van der Waals surface area contributed by atoms with Gasteiger partial charge in [-0.1, -0.05) is 172 Å². The molecule has 0 aliphatic heterocycles. The Labute approximate surface area is 344 Å². The van der Waals surface area contributed by atoms with E-state index in [-0.39, 0.29) is 32.0 Å². The third kappa shape index (κ3) is 41.9. The second kappa shape index (κ2) is 38.7. The minimum Gasteiger partial charge on any atom is -0.756 e. The van der Waals surface area contributed by atoms with Crippen molar-refractivity contribution in [1.82, 2.24) is 0 Å². The van der Waals surface area contributed by atoms with Gasteiger partial charge >= 0.3 is 11.9 Å². The highest BCUT2D eigenvalue weighted by Crippen LogP contribution is 2.38. The molecular formula is C46H86NO8P. The molecule has 0 rings (SSSR count). The third-order valence-corrected chi connectivity index (χ3v) is 10.6. The normalized spacial score (nSPS) is 13.9. The van der Waals surface area contributed by atoms with Crippen molar-refractivity contribution in [3.8, 4) is 0 Å². The van der Waals surface area contributed by atoms with Crippen LogP contribution in [0.1, 0.15) is 194 Å². The lowest BCUT2D eigenvalue weighted by Gasteiger charge is -2.28. The largest absolute Gasteiger partial charge is 0.756 e. The van der Waals surface area contributed by atoms with E-state index in [0.717, 1.165) is 64.2 Å². The second-order valence-electron chi connectivity index (χ2n) is 16.4. The van der Waals surface area contributed by atoms with Crippen molar-refractivity contribution in [3.05, 3.63) is 36.5 Å². The molecule has 0 bridgehead atoms. The molecule has 0 aromatic carbocycles. The van der Waals surface area contributed by atoms with Crippen molar-refractivity contribution in [1.29, 1.82) is 0 Å². The van der Waals surface area contributed by atoms with E-state index in [9.17, 15) is 19.0 Å². The second-order valence-corrected chi connectivity index (χ2v) is 17.8. The molecule has 0 saturated heterocycles. The molecule has 56 heavy (non-hydrogen) atoms. The van der Waals surface area contributed by atoms with Crippen molar-refractivity contribution in [2.75, 3.05) is 47.5 Å². The van der Waals surface area contributed by atoms with Crippen molar-refractivity contribution in [2.24, 2.45) is 0 Å². The Morgan fingerprint density at radius 1 is 0.571 bits per heavy atom. The van der Waals surface area contributed by atoms with Gasteiger partial charge in [0.15, 0.2) is 6.10 Å². The highest BCUT2D eigenvalue weighted by molar-refractivity contribution is 7.45. The van der Waals surface area contributed by atoms with Gasteiger partial charge in [-0.05, 0) is 44.9 Å². The summed E-state index contributed by atoms with van der Waals surface area (Å²) in [7, 11) is 1.16. The van der Waals surface area contributed by atoms with E-state index in [1.165, 1.54) is 96.3 Å². The van der Waals surface area contributed by atoms with Crippen LogP contribution in [0, 0.1) is 0 Å². The van der Waals surface area contributed by atoms with Crippen molar-refractivity contribution < 1.29 is 42.1 Å². The smallest absolute Gasteiger partial charge is 0.306 e. The Morgan fingerprint density at radius 2 is 1.02 bits per heavy atom. The highest BCUT2D eigenvalue weighted by Gasteiger charge is 2.21. The zero-order chi connectivity index (χ0) is 41.4. The van der Waals surface area contributed by atoms with Gasteiger partial charge < -0.3 is 27.9 Å². The van der Waals surface area contributed by atoms with Crippen LogP contribution in [0.25, 0.3) is 0 Å². The number of rotatable bonds is 41. The molecule has 0 radical (unpaired) electrons. The first-order valence-electron chi connectivity index (χ1n) is 22.7. The predicted molar refractivity (Wildman–Crippen MR) is 231 cm³/mol. The lowest BCUT2D eigenvalue weighted by molar-refractivity contribution is -0.870. The van der Waals surface area contributed by atoms with Gasteiger partial charge in [-0.25, -0.2) is 0 Å². The maximum absolute atomic E-state index is 12.7. The van der Waals surface area contributed by atoms with Crippen LogP contribution in [0.5, 0.6) is 0 Å². The SMILES string of the molecule is CC/C=C\C/C=C\C/C=C\CCCCCCCCCC(=O)OC(COC(=O)CCCCCCCCCCCCCCCCC)COP(=O)([O-])OCC[N+](C)(C)C. The molecule has 0 aromatic heterocycles. The molecule has 0 amide bonds. The Morgan fingerprint density at radius 3 is 1.52 bits per heavy atom. The van der Waals surface area contributed by atoms with E-state index in [0.29, 0.717) is 17.4 Å². The van der Waals surface area contributed by atoms with Crippen LogP contribution in [0.3, 0.4) is 0 Å². The average molecular weight is 812 g/mol. The average Bonchev–Trinajstić information content (AvgIpc) is 3.15. The van der Waals surface area contributed by atoms with E-state index in [1.54, 1.807) is 0 Å². The quantitative estimate of drug-likeness (QED) is 0.0197. The summed E-state index contributed by atoms with van der Waals surface area (Å²) in [4.78, 5) is 37.6. The summed E-state index contributed by atoms with van der Waals surface area (Å²) >= 11 is 0. The fourth-order valence-corrected chi connectivity index (χ4v) is 6.87. The molecule has 328 valence electrons. The topological polar surface area (TPSA) is 111 Å². The first-order valence-corrected chi connectivity index (χ1v) is 24.2. The molecule has 10 heteroatoms. The standard InChI is InChI=1S/C46H86NO8P/c1-6-8-10-12-14-16-18-20-22-23-25-27-29-31-33-35-37-39-46(49)55-44(43-54-56(50,51)53-41-40-47(3,4)5)42-52-45(48)38-36-34-32-30-28-26-24-21-19-17-15-13-11-9-7-2/h8,10,14,16,20,22,44H,6-7,9,11-13,15,17-19,21,23-43H2,1-5H3/b10-8-,16-14-,22-20-. The molecule has 2 unspecified atom stereocenters. The number of carbonyl (C=O) groups is 2. The zero-order valence-electron chi connectivity index (χ0n) is 36.8. The summed E-state index contributed by atoms with van der Waals surface area (Å²) in [6.45, 7) is 4.12. The van der Waals surface area contributed by atoms with Crippen LogP contribution in [-0.4, -0.2) is 70.0 Å². The molecule has 0 spiro atoms. The van der Waals surface area contributed by atoms with Crippen LogP contribution in [0.15, 0.2) is 36.5 Å². The van der Waals surface area contributed by atoms with Crippen molar-refractivity contribution in [3.63, 3.8) is 0 Å². The number of unbranched alkanes of at least 4 members (excludes halogenated alkanes) is 21. The van der Waals surface area contributed by atoms with Gasteiger partial charge in [-0.15, -0.1) is 0 Å². The lowest BCUT2D eigenvalue weighted by Crippen LogP contribution is -2.37. The Bertz CT molecular complexity index is 1050. The Hall–Kier alpha value is -1.77. The van der Waals surface area contributed by atoms with E-state index in [1.807, 2.05) is 21.1 Å². The third-order valence-electron chi connectivity index (χ3n) is 9.67. The molecule has 0 aliphatic carbocycles. The number of hydrogen-bond acceptors (Lipinski definition) is 8. The van der Waals surface area contributed by atoms with Crippen LogP contribution in [0.4, 0.5) is 0 Å². The number of esters is 2. The molecule has 2 atom stereocenters. The molecule has 0 aliphatic rings. The molecule has 0 fully saturated rings. The summed E-state index contributed by atoms with van der Waals surface area (Å²) in [5.74, 6) is -0.841. The number of phosphoric acid groups is 1. The number of phosphoric ester groups is 1. The van der Waals surface area contributed by atoms with Crippen LogP contribution in [0.2, 0.25) is 0 Å². The number of ether oxygens (including phenoxy) is 2. The van der Waals surface area contributed by atoms with Gasteiger partial charge in [0.05, 0.1) is 27.7 Å². The summed E-state index contributed by atoms with van der Waals surface area (Å²) in [6, 6.07) is 0. The predicted octanol–water partition coefficient (Wildman–Crippen LogP) is 12.3. The van der Waals surface area contributed by atoms with E-state index < -0.39 is 26.5 Å². The molecule has 0 N–H and O–H groups in total. The van der Waals surface area contributed by atoms with Crippen molar-refractivity contribution in [2.45, 2.75) is 200 Å². The van der Waals surface area contributed by atoms with Gasteiger partial charge in [0, 0.05) is 12.8 Å². The summed E-state index contributed by atoms with van der Waals surface area (Å²) in [5, 5.41) is 0. The Kier molecular flexibility index (Phi) is 37.5. The summed E-state index contributed by atoms with van der Waals surface area (Å²) < 4.78 is 33.9. The molecule has 9 nitrogen and oxygen atoms in total. The zero-order valence-corrected chi connectivity index (χ0v) is 37.7. The molecule has 0 aromatic rings. The highest BCUT2D eigenvalue weighted by atomic mass is 31.2. The van der Waals surface area contributed by atoms with E-state index in [4.69, 9.17) is 18.5 Å².